The summed E-state index contributed by atoms with van der Waals surface area (Å²) < 4.78 is 2.34. The normalized spacial score (nSPS) is 11.8. The topological polar surface area (TPSA) is 28.7 Å². The molecule has 0 saturated heterocycles. The molecule has 10 rings (SSSR count). The maximum Gasteiger partial charge on any atom is 0.0992 e. The summed E-state index contributed by atoms with van der Waals surface area (Å²) in [5.41, 5.74) is 8.88. The van der Waals surface area contributed by atoms with Gasteiger partial charge in [-0.25, -0.2) is 0 Å². The molecule has 0 aliphatic rings. The molecule has 2 nitrogen and oxygen atoms in total. The highest BCUT2D eigenvalue weighted by Crippen LogP contribution is 2.45. The van der Waals surface area contributed by atoms with Gasteiger partial charge < -0.3 is 4.57 Å². The van der Waals surface area contributed by atoms with Gasteiger partial charge in [-0.2, -0.15) is 5.26 Å². The van der Waals surface area contributed by atoms with Crippen molar-refractivity contribution in [1.29, 1.82) is 5.26 Å². The maximum atomic E-state index is 9.98. The molecule has 0 bridgehead atoms. The van der Waals surface area contributed by atoms with Gasteiger partial charge in [-0.05, 0) is 95.7 Å². The molecule has 1 heterocycles. The Balaban J connectivity index is 1.26. The molecule has 0 aliphatic carbocycles. The van der Waals surface area contributed by atoms with E-state index in [1.807, 2.05) is 12.1 Å². The van der Waals surface area contributed by atoms with E-state index in [9.17, 15) is 5.26 Å². The number of nitriles is 1. The summed E-state index contributed by atoms with van der Waals surface area (Å²) in [7, 11) is 0. The van der Waals surface area contributed by atoms with Crippen LogP contribution in [0.2, 0.25) is 0 Å². The highest BCUT2D eigenvalue weighted by molar-refractivity contribution is 6.27. The second-order valence-electron chi connectivity index (χ2n) is 12.4. The van der Waals surface area contributed by atoms with E-state index >= 15 is 0 Å². The monoisotopic (exact) mass is 594 g/mol. The fourth-order valence-corrected chi connectivity index (χ4v) is 7.88. The van der Waals surface area contributed by atoms with Gasteiger partial charge in [0, 0.05) is 16.5 Å². The molecule has 10 aromatic rings. The Labute approximate surface area is 271 Å². The number of benzene rings is 9. The summed E-state index contributed by atoms with van der Waals surface area (Å²) in [6, 6.07) is 59.2. The molecule has 0 saturated carbocycles. The number of nitrogens with zero attached hydrogens (tertiary/aromatic N) is 2. The van der Waals surface area contributed by atoms with Crippen LogP contribution in [-0.2, 0) is 0 Å². The van der Waals surface area contributed by atoms with Crippen molar-refractivity contribution < 1.29 is 0 Å². The van der Waals surface area contributed by atoms with E-state index in [0.717, 1.165) is 22.1 Å². The molecule has 0 aliphatic heterocycles. The third-order valence-electron chi connectivity index (χ3n) is 9.95. The van der Waals surface area contributed by atoms with E-state index in [1.165, 1.54) is 70.7 Å². The molecule has 0 N–H and O–H groups in total. The quantitative estimate of drug-likeness (QED) is 0.187. The Hall–Kier alpha value is -6.43. The van der Waals surface area contributed by atoms with E-state index < -0.39 is 0 Å². The predicted molar refractivity (Wildman–Crippen MR) is 198 cm³/mol. The highest BCUT2D eigenvalue weighted by atomic mass is 15.0. The van der Waals surface area contributed by atoms with Crippen molar-refractivity contribution in [3.63, 3.8) is 0 Å². The van der Waals surface area contributed by atoms with Gasteiger partial charge in [-0.1, -0.05) is 127 Å². The van der Waals surface area contributed by atoms with Gasteiger partial charge in [-0.15, -0.1) is 0 Å². The van der Waals surface area contributed by atoms with Crippen LogP contribution >= 0.6 is 0 Å². The average Bonchev–Trinajstić information content (AvgIpc) is 3.48. The Morgan fingerprint density at radius 2 is 1.00 bits per heavy atom. The number of hydrogen-bond acceptors (Lipinski definition) is 1. The summed E-state index contributed by atoms with van der Waals surface area (Å²) >= 11 is 0. The summed E-state index contributed by atoms with van der Waals surface area (Å²) in [4.78, 5) is 0. The van der Waals surface area contributed by atoms with Crippen molar-refractivity contribution in [2.24, 2.45) is 0 Å². The molecule has 0 atom stereocenters. The van der Waals surface area contributed by atoms with Gasteiger partial charge in [0.05, 0.1) is 22.7 Å². The van der Waals surface area contributed by atoms with E-state index in [4.69, 9.17) is 0 Å². The zero-order valence-electron chi connectivity index (χ0n) is 25.4. The van der Waals surface area contributed by atoms with Crippen LogP contribution in [-0.4, -0.2) is 4.57 Å². The standard InChI is InChI=1S/C45H26N2/c46-27-28-24-32-17-19-41-40(22-23-42-45(41)44(32)43(25-28)47(42)33-18-16-29-8-1-2-10-31(29)26-33)39-21-20-38(36-13-5-6-14-37(36)39)35-15-7-11-30-9-3-4-12-34(30)35/h1-26H. The van der Waals surface area contributed by atoms with Crippen molar-refractivity contribution in [1.82, 2.24) is 4.57 Å². The van der Waals surface area contributed by atoms with E-state index in [2.05, 4.69) is 156 Å². The molecule has 0 unspecified atom stereocenters. The average molecular weight is 595 g/mol. The minimum atomic E-state index is 0.667. The highest BCUT2D eigenvalue weighted by Gasteiger charge is 2.21. The molecule has 2 heteroatoms. The van der Waals surface area contributed by atoms with Crippen molar-refractivity contribution in [3.8, 4) is 34.0 Å². The largest absolute Gasteiger partial charge is 0.309 e. The lowest BCUT2D eigenvalue weighted by molar-refractivity contribution is 1.19. The van der Waals surface area contributed by atoms with Crippen molar-refractivity contribution in [2.45, 2.75) is 0 Å². The smallest absolute Gasteiger partial charge is 0.0992 e. The first-order chi connectivity index (χ1) is 23.3. The third-order valence-corrected chi connectivity index (χ3v) is 9.95. The zero-order chi connectivity index (χ0) is 31.1. The van der Waals surface area contributed by atoms with Crippen LogP contribution in [0, 0.1) is 11.3 Å². The number of hydrogen-bond donors (Lipinski definition) is 0. The summed E-state index contributed by atoms with van der Waals surface area (Å²) in [6.07, 6.45) is 0. The lowest BCUT2D eigenvalue weighted by Gasteiger charge is -2.16. The summed E-state index contributed by atoms with van der Waals surface area (Å²) in [6.45, 7) is 0. The Morgan fingerprint density at radius 1 is 0.383 bits per heavy atom. The number of aromatic nitrogens is 1. The first kappa shape index (κ1) is 25.9. The molecule has 0 fully saturated rings. The lowest BCUT2D eigenvalue weighted by atomic mass is 9.88. The Kier molecular flexibility index (Phi) is 5.38. The van der Waals surface area contributed by atoms with Gasteiger partial charge in [-0.3, -0.25) is 0 Å². The predicted octanol–water partition coefficient (Wildman–Crippen LogP) is 12.0. The molecule has 9 aromatic carbocycles. The summed E-state index contributed by atoms with van der Waals surface area (Å²) in [5, 5.41) is 22.1. The molecule has 0 spiro atoms. The SMILES string of the molecule is N#Cc1cc2ccc3c(-c4ccc(-c5cccc6ccccc56)c5ccccc45)ccc4c3c2c(c1)n4-c1ccc2ccccc2c1. The van der Waals surface area contributed by atoms with Crippen LogP contribution in [0.3, 0.4) is 0 Å². The second-order valence-corrected chi connectivity index (χ2v) is 12.4. The van der Waals surface area contributed by atoms with E-state index in [0.29, 0.717) is 5.56 Å². The minimum Gasteiger partial charge on any atom is -0.309 e. The fraction of sp³-hybridized carbons (Fsp3) is 0. The fourth-order valence-electron chi connectivity index (χ4n) is 7.88. The first-order valence-electron chi connectivity index (χ1n) is 16.0. The van der Waals surface area contributed by atoms with Crippen LogP contribution in [0.5, 0.6) is 0 Å². The van der Waals surface area contributed by atoms with Crippen molar-refractivity contribution >= 4 is 64.9 Å². The van der Waals surface area contributed by atoms with Crippen LogP contribution < -0.4 is 0 Å². The summed E-state index contributed by atoms with van der Waals surface area (Å²) in [5.74, 6) is 0. The molecule has 0 amide bonds. The molecular weight excluding hydrogens is 569 g/mol. The van der Waals surface area contributed by atoms with Crippen LogP contribution in [0.15, 0.2) is 158 Å². The van der Waals surface area contributed by atoms with Gasteiger partial charge in [0.1, 0.15) is 0 Å². The number of fused-ring (bicyclic) bond motifs is 3. The van der Waals surface area contributed by atoms with Crippen LogP contribution in [0.4, 0.5) is 0 Å². The van der Waals surface area contributed by atoms with Gasteiger partial charge >= 0.3 is 0 Å². The van der Waals surface area contributed by atoms with Gasteiger partial charge in [0.25, 0.3) is 0 Å². The van der Waals surface area contributed by atoms with Crippen LogP contribution in [0.25, 0.3) is 92.8 Å². The maximum absolute atomic E-state index is 9.98. The molecule has 47 heavy (non-hydrogen) atoms. The van der Waals surface area contributed by atoms with Crippen molar-refractivity contribution in [2.75, 3.05) is 0 Å². The second kappa shape index (κ2) is 9.78. The Bertz CT molecular complexity index is 2910. The van der Waals surface area contributed by atoms with Gasteiger partial charge in [0.2, 0.25) is 0 Å². The lowest BCUT2D eigenvalue weighted by Crippen LogP contribution is -1.94. The molecular formula is C45H26N2. The zero-order valence-corrected chi connectivity index (χ0v) is 25.4. The van der Waals surface area contributed by atoms with Crippen LogP contribution in [0.1, 0.15) is 5.56 Å². The van der Waals surface area contributed by atoms with E-state index in [1.54, 1.807) is 0 Å². The Morgan fingerprint density at radius 3 is 1.79 bits per heavy atom. The molecule has 0 radical (unpaired) electrons. The number of rotatable bonds is 3. The van der Waals surface area contributed by atoms with Gasteiger partial charge in [0.15, 0.2) is 0 Å². The molecule has 1 aromatic heterocycles. The van der Waals surface area contributed by atoms with Crippen molar-refractivity contribution in [3.05, 3.63) is 163 Å². The van der Waals surface area contributed by atoms with E-state index in [-0.39, 0.29) is 0 Å². The molecule has 216 valence electrons. The minimum absolute atomic E-state index is 0.667. The first-order valence-corrected chi connectivity index (χ1v) is 16.0. The third kappa shape index (κ3) is 3.72.